The minimum atomic E-state index is -2.95. The van der Waals surface area contributed by atoms with Crippen molar-refractivity contribution in [2.75, 3.05) is 14.1 Å². The summed E-state index contributed by atoms with van der Waals surface area (Å²) in [5.74, 6) is -9.33. The molecule has 10 nitrogen and oxygen atoms in total. The van der Waals surface area contributed by atoms with Gasteiger partial charge < -0.3 is 31.3 Å². The van der Waals surface area contributed by atoms with Gasteiger partial charge in [0, 0.05) is 17.4 Å². The first kappa shape index (κ1) is 25.7. The van der Waals surface area contributed by atoms with Crippen LogP contribution in [0.5, 0.6) is 5.75 Å². The molecule has 0 saturated carbocycles. The third kappa shape index (κ3) is 3.20. The predicted molar refractivity (Wildman–Crippen MR) is 134 cm³/mol. The number of Topliss-reactive ketones (excluding diaryl/α,β-unsaturated/α-hetero) is 2. The van der Waals surface area contributed by atoms with Gasteiger partial charge in [0.15, 0.2) is 11.4 Å². The number of primary amides is 1. The van der Waals surface area contributed by atoms with Crippen LogP contribution < -0.4 is 5.73 Å². The fourth-order valence-corrected chi connectivity index (χ4v) is 6.44. The summed E-state index contributed by atoms with van der Waals surface area (Å²) in [6.07, 6.45) is -1.68. The summed E-state index contributed by atoms with van der Waals surface area (Å²) in [5, 5.41) is 56.9. The Labute approximate surface area is 217 Å². The van der Waals surface area contributed by atoms with Crippen molar-refractivity contribution < 1.29 is 39.9 Å². The van der Waals surface area contributed by atoms with Crippen molar-refractivity contribution in [2.45, 2.75) is 30.6 Å². The highest BCUT2D eigenvalue weighted by atomic mass is 16.4. The smallest absolute Gasteiger partial charge is 0.255 e. The molecule has 3 aliphatic rings. The molecule has 0 radical (unpaired) electrons. The maximum atomic E-state index is 13.8. The number of aliphatic hydroxyl groups excluding tert-OH is 3. The van der Waals surface area contributed by atoms with E-state index < -0.39 is 75.6 Å². The normalized spacial score (nSPS) is 30.7. The maximum Gasteiger partial charge on any atom is 0.255 e. The van der Waals surface area contributed by atoms with Gasteiger partial charge in [-0.05, 0) is 38.2 Å². The number of likely N-dealkylation sites (N-methyl/N-ethyl adjacent to an activating group) is 1. The minimum Gasteiger partial charge on any atom is -0.510 e. The molecule has 38 heavy (non-hydrogen) atoms. The van der Waals surface area contributed by atoms with Gasteiger partial charge in [-0.2, -0.15) is 0 Å². The molecule has 5 rings (SSSR count). The molecule has 3 aliphatic carbocycles. The van der Waals surface area contributed by atoms with Gasteiger partial charge in [0.25, 0.3) is 5.91 Å². The average Bonchev–Trinajstić information content (AvgIpc) is 2.84. The van der Waals surface area contributed by atoms with E-state index in [0.717, 1.165) is 5.56 Å². The number of carbonyl (C=O) groups is 3. The molecule has 10 heteroatoms. The summed E-state index contributed by atoms with van der Waals surface area (Å²) in [7, 11) is 2.99. The van der Waals surface area contributed by atoms with Crippen molar-refractivity contribution in [1.82, 2.24) is 4.90 Å². The van der Waals surface area contributed by atoms with E-state index in [-0.39, 0.29) is 11.3 Å². The molecule has 0 aromatic heterocycles. The molecule has 0 unspecified atom stereocenters. The number of aromatic hydroxyl groups is 1. The second-order valence-corrected chi connectivity index (χ2v) is 10.4. The molecule has 2 aromatic carbocycles. The second kappa shape index (κ2) is 8.52. The molecule has 1 amide bonds. The number of hydrogen-bond donors (Lipinski definition) is 6. The number of phenolic OH excluding ortho intramolecular Hbond substituents is 1. The first-order valence-electron chi connectivity index (χ1n) is 12.0. The van der Waals surface area contributed by atoms with Crippen LogP contribution in [0.4, 0.5) is 0 Å². The van der Waals surface area contributed by atoms with Crippen molar-refractivity contribution in [3.63, 3.8) is 0 Å². The average molecular weight is 521 g/mol. The van der Waals surface area contributed by atoms with E-state index in [0.29, 0.717) is 11.1 Å². The van der Waals surface area contributed by atoms with Gasteiger partial charge in [0.05, 0.1) is 23.6 Å². The highest BCUT2D eigenvalue weighted by molar-refractivity contribution is 6.25. The second-order valence-electron chi connectivity index (χ2n) is 10.4. The molecule has 0 spiro atoms. The number of ketones is 2. The summed E-state index contributed by atoms with van der Waals surface area (Å²) in [6, 6.07) is 10.4. The van der Waals surface area contributed by atoms with Gasteiger partial charge in [-0.15, -0.1) is 0 Å². The number of nitrogens with two attached hydrogens (primary N) is 1. The van der Waals surface area contributed by atoms with Crippen molar-refractivity contribution in [1.29, 1.82) is 0 Å². The van der Waals surface area contributed by atoms with E-state index in [4.69, 9.17) is 5.73 Å². The van der Waals surface area contributed by atoms with Crippen molar-refractivity contribution >= 4 is 17.5 Å². The predicted octanol–water partition coefficient (Wildman–Crippen LogP) is 0.989. The van der Waals surface area contributed by atoms with Crippen LogP contribution in [0.1, 0.15) is 33.0 Å². The van der Waals surface area contributed by atoms with E-state index in [1.165, 1.54) is 25.1 Å². The van der Waals surface area contributed by atoms with Crippen molar-refractivity contribution in [3.8, 4) is 5.75 Å². The Morgan fingerprint density at radius 1 is 1.03 bits per heavy atom. The van der Waals surface area contributed by atoms with Crippen LogP contribution in [0.15, 0.2) is 65.1 Å². The Bertz CT molecular complexity index is 1460. The van der Waals surface area contributed by atoms with Crippen LogP contribution in [-0.4, -0.2) is 79.7 Å². The van der Waals surface area contributed by atoms with E-state index >= 15 is 0 Å². The number of amides is 1. The highest BCUT2D eigenvalue weighted by Crippen LogP contribution is 2.56. The van der Waals surface area contributed by atoms with Crippen molar-refractivity contribution in [3.05, 3.63) is 87.4 Å². The maximum absolute atomic E-state index is 13.8. The number of fused-ring (bicyclic) bond motifs is 3. The SMILES string of the molecule is Cc1ccc([C@H]2c3cccc(O)c3C(=O)C3=C(O)[C@]4(O)C(=O)C(C(N)=O)=C(O)[C@@H](N(C)C)[C@@H]4[C@@H](O)[C@@H]32)cc1. The number of nitrogens with zero attached hydrogens (tertiary/aromatic N) is 1. The van der Waals surface area contributed by atoms with Gasteiger partial charge >= 0.3 is 0 Å². The lowest BCUT2D eigenvalue weighted by molar-refractivity contribution is -0.162. The van der Waals surface area contributed by atoms with Crippen LogP contribution in [-0.2, 0) is 9.59 Å². The lowest BCUT2D eigenvalue weighted by Gasteiger charge is -2.53. The van der Waals surface area contributed by atoms with Crippen LogP contribution in [0.25, 0.3) is 0 Å². The largest absolute Gasteiger partial charge is 0.510 e. The Hall–Kier alpha value is -3.99. The Kier molecular flexibility index (Phi) is 5.75. The number of phenols is 1. The molecule has 0 heterocycles. The minimum absolute atomic E-state index is 0.133. The van der Waals surface area contributed by atoms with Crippen LogP contribution in [0.2, 0.25) is 0 Å². The summed E-state index contributed by atoms with van der Waals surface area (Å²) in [5.41, 5.74) is 2.89. The lowest BCUT2D eigenvalue weighted by atomic mass is 9.54. The van der Waals surface area contributed by atoms with Gasteiger partial charge in [-0.3, -0.25) is 19.3 Å². The first-order chi connectivity index (χ1) is 17.8. The summed E-state index contributed by atoms with van der Waals surface area (Å²) >= 11 is 0. The molecular formula is C28H28N2O8. The van der Waals surface area contributed by atoms with Crippen LogP contribution in [0.3, 0.4) is 0 Å². The van der Waals surface area contributed by atoms with E-state index in [2.05, 4.69) is 0 Å². The van der Waals surface area contributed by atoms with Crippen LogP contribution in [0, 0.1) is 18.8 Å². The standard InChI is InChI=1S/C28H28N2O8/c1-11-7-9-12(10-8-11)15-13-5-4-6-14(31)16(13)22(32)18-17(15)23(33)20-21(30(2)3)24(34)19(27(29)37)26(36)28(20,38)25(18)35/h4-10,15,17,20-21,23,31,33-35,38H,1-3H3,(H2,29,37)/t15-,17+,20+,21-,23-,28-/m0/s1. The number of rotatable bonds is 3. The van der Waals surface area contributed by atoms with Gasteiger partial charge in [0.2, 0.25) is 5.78 Å². The fourth-order valence-electron chi connectivity index (χ4n) is 6.44. The molecule has 7 N–H and O–H groups in total. The van der Waals surface area contributed by atoms with Gasteiger partial charge in [0.1, 0.15) is 22.8 Å². The fraction of sp³-hybridized carbons (Fsp3) is 0.321. The number of aryl methyl sites for hydroxylation is 1. The molecular weight excluding hydrogens is 492 g/mol. The van der Waals surface area contributed by atoms with E-state index in [9.17, 15) is 39.9 Å². The monoisotopic (exact) mass is 520 g/mol. The topological polar surface area (TPSA) is 182 Å². The number of aliphatic hydroxyl groups is 4. The first-order valence-corrected chi connectivity index (χ1v) is 12.0. The van der Waals surface area contributed by atoms with Crippen LogP contribution >= 0.6 is 0 Å². The van der Waals surface area contributed by atoms with Gasteiger partial charge in [-0.25, -0.2) is 0 Å². The summed E-state index contributed by atoms with van der Waals surface area (Å²) in [4.78, 5) is 40.8. The molecule has 0 saturated heterocycles. The molecule has 2 aromatic rings. The number of carbonyl (C=O) groups excluding carboxylic acids is 3. The molecule has 0 bridgehead atoms. The third-order valence-electron chi connectivity index (χ3n) is 8.10. The van der Waals surface area contributed by atoms with Crippen molar-refractivity contribution in [2.24, 2.45) is 17.6 Å². The summed E-state index contributed by atoms with van der Waals surface area (Å²) < 4.78 is 0. The Balaban J connectivity index is 1.87. The van der Waals surface area contributed by atoms with Gasteiger partial charge in [-0.1, -0.05) is 42.0 Å². The number of benzene rings is 2. The lowest BCUT2D eigenvalue weighted by Crippen LogP contribution is -2.68. The van der Waals surface area contributed by atoms with E-state index in [1.54, 1.807) is 24.3 Å². The number of hydrogen-bond acceptors (Lipinski definition) is 9. The molecule has 198 valence electrons. The Morgan fingerprint density at radius 3 is 2.24 bits per heavy atom. The third-order valence-corrected chi connectivity index (χ3v) is 8.10. The zero-order valence-corrected chi connectivity index (χ0v) is 20.9. The quantitative estimate of drug-likeness (QED) is 0.322. The molecule has 0 fully saturated rings. The van der Waals surface area contributed by atoms with E-state index in [1.807, 2.05) is 19.1 Å². The summed E-state index contributed by atoms with van der Waals surface area (Å²) in [6.45, 7) is 1.89. The zero-order valence-electron chi connectivity index (χ0n) is 20.9. The zero-order chi connectivity index (χ0) is 27.8. The molecule has 6 atom stereocenters. The highest BCUT2D eigenvalue weighted by Gasteiger charge is 2.67. The Morgan fingerprint density at radius 2 is 1.66 bits per heavy atom. The molecule has 0 aliphatic heterocycles.